The maximum atomic E-state index is 14.4. The van der Waals surface area contributed by atoms with E-state index in [0.717, 1.165) is 17.8 Å². The zero-order chi connectivity index (χ0) is 23.8. The number of hydrogen-bond donors (Lipinski definition) is 2. The summed E-state index contributed by atoms with van der Waals surface area (Å²) in [7, 11) is 1.79. The van der Waals surface area contributed by atoms with Gasteiger partial charge >= 0.3 is 0 Å². The largest absolute Gasteiger partial charge is 0.367 e. The van der Waals surface area contributed by atoms with Crippen molar-refractivity contribution in [1.82, 2.24) is 10.3 Å². The lowest BCUT2D eigenvalue weighted by Gasteiger charge is -2.34. The normalized spacial score (nSPS) is 14.1. The summed E-state index contributed by atoms with van der Waals surface area (Å²) in [5.41, 5.74) is 10.0. The van der Waals surface area contributed by atoms with E-state index < -0.39 is 0 Å². The van der Waals surface area contributed by atoms with Crippen LogP contribution in [-0.4, -0.2) is 24.4 Å². The molecule has 0 saturated heterocycles. The number of aliphatic imine (C=N–C) groups is 1. The van der Waals surface area contributed by atoms with Gasteiger partial charge in [-0.25, -0.2) is 4.39 Å². The molecule has 3 aromatic rings. The van der Waals surface area contributed by atoms with Gasteiger partial charge in [-0.2, -0.15) is 0 Å². The highest BCUT2D eigenvalue weighted by molar-refractivity contribution is 5.83. The summed E-state index contributed by atoms with van der Waals surface area (Å²) < 4.78 is 14.4. The molecule has 0 amide bonds. The van der Waals surface area contributed by atoms with Crippen LogP contribution >= 0.6 is 0 Å². The molecule has 0 bridgehead atoms. The Morgan fingerprint density at radius 3 is 2.27 bits per heavy atom. The first kappa shape index (κ1) is 24.6. The molecule has 5 heteroatoms. The van der Waals surface area contributed by atoms with E-state index in [4.69, 9.17) is 5.73 Å². The standard InChI is InChI=1S/C28H35FN4/c1-20(21-9-11-22(12-10-21)23-14-17-32-18-15-23)28(2,3)19-27(31-4)33-26(13-16-30)24-7-5-6-8-25(24)29/h5-12,14-15,17-18,20,26H,13,16,19,30H2,1-4H3,(H,31,33)/t20?,26-/m0/s1. The number of nitrogens with zero attached hydrogens (tertiary/aromatic N) is 2. The number of halogens is 1. The highest BCUT2D eigenvalue weighted by atomic mass is 19.1. The summed E-state index contributed by atoms with van der Waals surface area (Å²) in [6.07, 6.45) is 5.00. The molecular formula is C28H35FN4. The van der Waals surface area contributed by atoms with Crippen LogP contribution in [0.15, 0.2) is 78.0 Å². The molecule has 3 rings (SSSR count). The Balaban J connectivity index is 1.73. The Morgan fingerprint density at radius 2 is 1.67 bits per heavy atom. The lowest BCUT2D eigenvalue weighted by Crippen LogP contribution is -2.35. The predicted molar refractivity (Wildman–Crippen MR) is 136 cm³/mol. The quantitative estimate of drug-likeness (QED) is 0.308. The molecule has 4 nitrogen and oxygen atoms in total. The van der Waals surface area contributed by atoms with Crippen molar-refractivity contribution in [2.24, 2.45) is 16.1 Å². The average molecular weight is 447 g/mol. The summed E-state index contributed by atoms with van der Waals surface area (Å²) in [4.78, 5) is 8.61. The smallest absolute Gasteiger partial charge is 0.128 e. The summed E-state index contributed by atoms with van der Waals surface area (Å²) in [5, 5.41) is 3.48. The van der Waals surface area contributed by atoms with Crippen molar-refractivity contribution in [3.05, 3.63) is 90.0 Å². The fourth-order valence-electron chi connectivity index (χ4n) is 4.17. The van der Waals surface area contributed by atoms with Gasteiger partial charge in [0.1, 0.15) is 5.82 Å². The van der Waals surface area contributed by atoms with Crippen molar-refractivity contribution >= 4 is 5.84 Å². The highest BCUT2D eigenvalue weighted by Crippen LogP contribution is 2.39. The number of aromatic nitrogens is 1. The minimum atomic E-state index is -0.221. The van der Waals surface area contributed by atoms with Gasteiger partial charge < -0.3 is 11.1 Å². The van der Waals surface area contributed by atoms with E-state index in [1.54, 1.807) is 13.1 Å². The van der Waals surface area contributed by atoms with E-state index in [2.05, 4.69) is 60.3 Å². The summed E-state index contributed by atoms with van der Waals surface area (Å²) in [5.74, 6) is 0.937. The number of nitrogens with two attached hydrogens (primary N) is 1. The van der Waals surface area contributed by atoms with Gasteiger partial charge in [-0.05, 0) is 59.2 Å². The van der Waals surface area contributed by atoms with Crippen LogP contribution in [0.5, 0.6) is 0 Å². The third-order valence-corrected chi connectivity index (χ3v) is 6.57. The van der Waals surface area contributed by atoms with Gasteiger partial charge in [0.15, 0.2) is 0 Å². The molecule has 1 aromatic heterocycles. The molecule has 0 aliphatic carbocycles. The Kier molecular flexibility index (Phi) is 8.34. The first-order valence-electron chi connectivity index (χ1n) is 11.5. The van der Waals surface area contributed by atoms with Crippen molar-refractivity contribution in [1.29, 1.82) is 0 Å². The van der Waals surface area contributed by atoms with Crippen LogP contribution in [0.1, 0.15) is 56.7 Å². The molecule has 2 aromatic carbocycles. The lowest BCUT2D eigenvalue weighted by atomic mass is 9.73. The van der Waals surface area contributed by atoms with Gasteiger partial charge in [-0.15, -0.1) is 0 Å². The molecule has 0 radical (unpaired) electrons. The molecule has 1 heterocycles. The topological polar surface area (TPSA) is 63.3 Å². The van der Waals surface area contributed by atoms with Crippen LogP contribution in [0, 0.1) is 11.2 Å². The molecular weight excluding hydrogens is 411 g/mol. The minimum Gasteiger partial charge on any atom is -0.367 e. The second kappa shape index (κ2) is 11.2. The summed E-state index contributed by atoms with van der Waals surface area (Å²) in [6, 6.07) is 19.4. The highest BCUT2D eigenvalue weighted by Gasteiger charge is 2.30. The zero-order valence-electron chi connectivity index (χ0n) is 20.1. The van der Waals surface area contributed by atoms with Crippen molar-refractivity contribution < 1.29 is 4.39 Å². The van der Waals surface area contributed by atoms with E-state index in [1.807, 2.05) is 36.7 Å². The van der Waals surface area contributed by atoms with Crippen LogP contribution in [0.4, 0.5) is 4.39 Å². The molecule has 1 unspecified atom stereocenters. The average Bonchev–Trinajstić information content (AvgIpc) is 2.83. The predicted octanol–water partition coefficient (Wildman–Crippen LogP) is 6.12. The van der Waals surface area contributed by atoms with Gasteiger partial charge in [0.2, 0.25) is 0 Å². The Hall–Kier alpha value is -3.05. The van der Waals surface area contributed by atoms with Crippen molar-refractivity contribution in [3.8, 4) is 11.1 Å². The summed E-state index contributed by atoms with van der Waals surface area (Å²) >= 11 is 0. The first-order valence-corrected chi connectivity index (χ1v) is 11.5. The monoisotopic (exact) mass is 446 g/mol. The molecule has 174 valence electrons. The number of benzene rings is 2. The number of nitrogens with one attached hydrogen (secondary N) is 1. The van der Waals surface area contributed by atoms with Gasteiger partial charge in [-0.3, -0.25) is 9.98 Å². The zero-order valence-corrected chi connectivity index (χ0v) is 20.1. The van der Waals surface area contributed by atoms with E-state index >= 15 is 0 Å². The third-order valence-electron chi connectivity index (χ3n) is 6.57. The Labute approximate surface area is 197 Å². The molecule has 0 fully saturated rings. The van der Waals surface area contributed by atoms with Crippen molar-refractivity contribution in [2.45, 2.75) is 45.6 Å². The maximum absolute atomic E-state index is 14.4. The van der Waals surface area contributed by atoms with Crippen LogP contribution in [0.3, 0.4) is 0 Å². The lowest BCUT2D eigenvalue weighted by molar-refractivity contribution is 0.310. The number of pyridine rings is 1. The number of hydrogen-bond acceptors (Lipinski definition) is 3. The van der Waals surface area contributed by atoms with E-state index in [0.29, 0.717) is 24.4 Å². The van der Waals surface area contributed by atoms with Crippen LogP contribution in [-0.2, 0) is 0 Å². The second-order valence-corrected chi connectivity index (χ2v) is 9.21. The van der Waals surface area contributed by atoms with Crippen LogP contribution in [0.2, 0.25) is 0 Å². The molecule has 0 saturated carbocycles. The third kappa shape index (κ3) is 6.26. The number of amidine groups is 1. The van der Waals surface area contributed by atoms with Crippen molar-refractivity contribution in [3.63, 3.8) is 0 Å². The van der Waals surface area contributed by atoms with E-state index in [-0.39, 0.29) is 17.3 Å². The van der Waals surface area contributed by atoms with Crippen molar-refractivity contribution in [2.75, 3.05) is 13.6 Å². The molecule has 3 N–H and O–H groups in total. The SMILES string of the molecule is CN=C(CC(C)(C)C(C)c1ccc(-c2ccncc2)cc1)N[C@@H](CCN)c1ccccc1F. The summed E-state index contributed by atoms with van der Waals surface area (Å²) in [6.45, 7) is 7.22. The van der Waals surface area contributed by atoms with Gasteiger partial charge in [0.05, 0.1) is 11.9 Å². The van der Waals surface area contributed by atoms with Gasteiger partial charge in [-0.1, -0.05) is 63.2 Å². The second-order valence-electron chi connectivity index (χ2n) is 9.21. The fourth-order valence-corrected chi connectivity index (χ4v) is 4.17. The maximum Gasteiger partial charge on any atom is 0.128 e. The molecule has 0 aliphatic heterocycles. The Morgan fingerprint density at radius 1 is 1.03 bits per heavy atom. The minimum absolute atomic E-state index is 0.0669. The Bertz CT molecular complexity index is 1050. The fraction of sp³-hybridized carbons (Fsp3) is 0.357. The molecule has 0 spiro atoms. The number of rotatable bonds is 9. The van der Waals surface area contributed by atoms with E-state index in [1.165, 1.54) is 17.2 Å². The van der Waals surface area contributed by atoms with E-state index in [9.17, 15) is 4.39 Å². The van der Waals surface area contributed by atoms with Crippen LogP contribution < -0.4 is 11.1 Å². The van der Waals surface area contributed by atoms with Gasteiger partial charge in [0.25, 0.3) is 0 Å². The molecule has 33 heavy (non-hydrogen) atoms. The molecule has 2 atom stereocenters. The first-order chi connectivity index (χ1) is 15.9. The molecule has 0 aliphatic rings. The van der Waals surface area contributed by atoms with Crippen LogP contribution in [0.25, 0.3) is 11.1 Å². The van der Waals surface area contributed by atoms with Gasteiger partial charge in [0, 0.05) is 31.4 Å².